The van der Waals surface area contributed by atoms with Crippen molar-refractivity contribution in [3.8, 4) is 62.1 Å². The second kappa shape index (κ2) is 8.46. The molecule has 0 unspecified atom stereocenters. The van der Waals surface area contributed by atoms with Crippen LogP contribution in [0.15, 0.2) is 78.9 Å². The van der Waals surface area contributed by atoms with Gasteiger partial charge in [-0.05, 0) is 80.4 Å². The molecule has 7 rings (SSSR count). The lowest BCUT2D eigenvalue weighted by Gasteiger charge is -2.23. The van der Waals surface area contributed by atoms with Crippen molar-refractivity contribution in [1.82, 2.24) is 0 Å². The summed E-state index contributed by atoms with van der Waals surface area (Å²) in [5.74, 6) is -4.17. The van der Waals surface area contributed by atoms with Crippen LogP contribution in [0.25, 0.3) is 33.4 Å². The smallest absolute Gasteiger partial charge is 0.208 e. The Morgan fingerprint density at radius 2 is 0.881 bits per heavy atom. The Morgan fingerprint density at radius 1 is 0.452 bits per heavy atom. The summed E-state index contributed by atoms with van der Waals surface area (Å²) in [5, 5.41) is 54.6. The molecule has 0 atom stereocenters. The molecule has 0 aromatic heterocycles. The summed E-state index contributed by atoms with van der Waals surface area (Å²) >= 11 is 0. The third-order valence-corrected chi connectivity index (χ3v) is 9.21. The molecule has 0 radical (unpaired) electrons. The van der Waals surface area contributed by atoms with Crippen molar-refractivity contribution >= 4 is 11.4 Å². The monoisotopic (exact) mass is 557 g/mol. The Balaban J connectivity index is 1.25. The van der Waals surface area contributed by atoms with Gasteiger partial charge in [-0.15, -0.1) is 0 Å². The maximum absolute atomic E-state index is 10.5. The topological polar surface area (TPSA) is 113 Å². The van der Waals surface area contributed by atoms with Crippen LogP contribution in [0, 0.1) is 0 Å². The Labute approximate surface area is 243 Å². The Bertz CT molecular complexity index is 1940. The molecular formula is C36H31NO5. The quantitative estimate of drug-likeness (QED) is 0.0984. The van der Waals surface area contributed by atoms with Crippen molar-refractivity contribution in [2.24, 2.45) is 0 Å². The number of hydrogen-bond acceptors (Lipinski definition) is 6. The zero-order chi connectivity index (χ0) is 29.7. The molecule has 6 nitrogen and oxygen atoms in total. The van der Waals surface area contributed by atoms with Gasteiger partial charge in [0.2, 0.25) is 17.2 Å². The van der Waals surface area contributed by atoms with E-state index in [1.54, 1.807) is 6.07 Å². The second-order valence-corrected chi connectivity index (χ2v) is 12.3. The second-order valence-electron chi connectivity index (χ2n) is 12.3. The molecule has 6 heteroatoms. The van der Waals surface area contributed by atoms with Gasteiger partial charge in [0.15, 0.2) is 11.5 Å². The third kappa shape index (κ3) is 3.38. The van der Waals surface area contributed by atoms with Crippen LogP contribution in [0.1, 0.15) is 49.9 Å². The van der Waals surface area contributed by atoms with Crippen molar-refractivity contribution < 1.29 is 25.5 Å². The molecule has 2 aliphatic rings. The number of phenols is 5. The molecule has 0 heterocycles. The van der Waals surface area contributed by atoms with Crippen molar-refractivity contribution in [3.05, 3.63) is 101 Å². The SMILES string of the molecule is CC1(C)c2ccccc2-c2ccc(Nc3ccc4c(c3)C(C)(C)c3cc(-c5c(O)c(O)c(O)c(O)c5O)ccc3-4)cc21. The maximum atomic E-state index is 10.5. The highest BCUT2D eigenvalue weighted by molar-refractivity contribution is 5.90. The van der Waals surface area contributed by atoms with Gasteiger partial charge in [-0.3, -0.25) is 0 Å². The minimum Gasteiger partial charge on any atom is -0.504 e. The molecule has 0 aliphatic heterocycles. The van der Waals surface area contributed by atoms with E-state index in [-0.39, 0.29) is 11.0 Å². The van der Waals surface area contributed by atoms with E-state index >= 15 is 0 Å². The van der Waals surface area contributed by atoms with Crippen LogP contribution in [0.5, 0.6) is 28.7 Å². The van der Waals surface area contributed by atoms with Gasteiger partial charge in [0.25, 0.3) is 0 Å². The van der Waals surface area contributed by atoms with Gasteiger partial charge in [0.1, 0.15) is 0 Å². The van der Waals surface area contributed by atoms with Crippen molar-refractivity contribution in [1.29, 1.82) is 0 Å². The van der Waals surface area contributed by atoms with E-state index < -0.39 is 34.2 Å². The van der Waals surface area contributed by atoms with Crippen LogP contribution >= 0.6 is 0 Å². The first-order chi connectivity index (χ1) is 19.9. The molecule has 0 saturated heterocycles. The predicted molar refractivity (Wildman–Crippen MR) is 165 cm³/mol. The van der Waals surface area contributed by atoms with Gasteiger partial charge in [-0.2, -0.15) is 0 Å². The Hall–Kier alpha value is -5.10. The first-order valence-electron chi connectivity index (χ1n) is 13.9. The van der Waals surface area contributed by atoms with Crippen molar-refractivity contribution in [2.45, 2.75) is 38.5 Å². The van der Waals surface area contributed by atoms with Crippen molar-refractivity contribution in [3.63, 3.8) is 0 Å². The van der Waals surface area contributed by atoms with Gasteiger partial charge in [0.05, 0.1) is 5.56 Å². The highest BCUT2D eigenvalue weighted by Gasteiger charge is 2.37. The summed E-state index contributed by atoms with van der Waals surface area (Å²) in [6.07, 6.45) is 0. The lowest BCUT2D eigenvalue weighted by atomic mass is 9.81. The summed E-state index contributed by atoms with van der Waals surface area (Å²) in [6.45, 7) is 8.77. The number of hydrogen-bond donors (Lipinski definition) is 6. The summed E-state index contributed by atoms with van der Waals surface area (Å²) in [7, 11) is 0. The summed E-state index contributed by atoms with van der Waals surface area (Å²) < 4.78 is 0. The van der Waals surface area contributed by atoms with E-state index in [4.69, 9.17) is 0 Å². The highest BCUT2D eigenvalue weighted by Crippen LogP contribution is 2.57. The molecule has 0 fully saturated rings. The lowest BCUT2D eigenvalue weighted by Crippen LogP contribution is -2.15. The number of rotatable bonds is 3. The normalized spacial score (nSPS) is 15.0. The molecule has 0 spiro atoms. The molecule has 5 aromatic carbocycles. The fourth-order valence-electron chi connectivity index (χ4n) is 6.88. The van der Waals surface area contributed by atoms with E-state index in [2.05, 4.69) is 93.7 Å². The largest absolute Gasteiger partial charge is 0.504 e. The molecule has 2 aliphatic carbocycles. The van der Waals surface area contributed by atoms with Gasteiger partial charge < -0.3 is 30.8 Å². The first-order valence-corrected chi connectivity index (χ1v) is 13.9. The van der Waals surface area contributed by atoms with Crippen LogP contribution in [0.4, 0.5) is 11.4 Å². The predicted octanol–water partition coefficient (Wildman–Crippen LogP) is 8.24. The van der Waals surface area contributed by atoms with Crippen LogP contribution in [-0.4, -0.2) is 25.5 Å². The molecule has 0 bridgehead atoms. The zero-order valence-corrected chi connectivity index (χ0v) is 23.7. The fraction of sp³-hybridized carbons (Fsp3) is 0.167. The van der Waals surface area contributed by atoms with E-state index in [1.165, 1.54) is 22.3 Å². The summed E-state index contributed by atoms with van der Waals surface area (Å²) in [5.41, 5.74) is 11.1. The average Bonchev–Trinajstić information content (AvgIpc) is 3.34. The molecule has 0 saturated carbocycles. The molecule has 42 heavy (non-hydrogen) atoms. The van der Waals surface area contributed by atoms with E-state index in [0.29, 0.717) is 5.56 Å². The van der Waals surface area contributed by atoms with Gasteiger partial charge in [-0.25, -0.2) is 0 Å². The fourth-order valence-corrected chi connectivity index (χ4v) is 6.88. The van der Waals surface area contributed by atoms with Gasteiger partial charge in [0, 0.05) is 22.2 Å². The first kappa shape index (κ1) is 25.8. The summed E-state index contributed by atoms with van der Waals surface area (Å²) in [6, 6.07) is 27.0. The number of anilines is 2. The minimum absolute atomic E-state index is 0.0865. The van der Waals surface area contributed by atoms with Crippen molar-refractivity contribution in [2.75, 3.05) is 5.32 Å². The number of fused-ring (bicyclic) bond motifs is 6. The number of benzene rings is 5. The number of phenolic OH excluding ortho intramolecular Hbond substituents is 5. The van der Waals surface area contributed by atoms with E-state index in [1.807, 2.05) is 12.1 Å². The van der Waals surface area contributed by atoms with Gasteiger partial charge in [-0.1, -0.05) is 76.2 Å². The Morgan fingerprint density at radius 3 is 1.45 bits per heavy atom. The van der Waals surface area contributed by atoms with E-state index in [9.17, 15) is 25.5 Å². The number of aromatic hydroxyl groups is 5. The highest BCUT2D eigenvalue weighted by atomic mass is 16.4. The average molecular weight is 558 g/mol. The maximum Gasteiger partial charge on any atom is 0.208 e. The number of nitrogens with one attached hydrogen (secondary N) is 1. The standard InChI is InChI=1S/C36H31NO5/c1-35(2)25-8-6-5-7-21(25)23-13-10-19(16-27(23)35)37-20-11-14-24-22-12-9-18(15-26(22)36(3,4)28(24)17-20)29-30(38)32(40)34(42)33(41)31(29)39/h5-17,37-42H,1-4H3. The van der Waals surface area contributed by atoms with Crippen LogP contribution in [0.2, 0.25) is 0 Å². The molecule has 6 N–H and O–H groups in total. The zero-order valence-electron chi connectivity index (χ0n) is 23.7. The minimum atomic E-state index is -0.973. The van der Waals surface area contributed by atoms with Crippen LogP contribution < -0.4 is 5.32 Å². The molecule has 0 amide bonds. The van der Waals surface area contributed by atoms with Crippen LogP contribution in [0.3, 0.4) is 0 Å². The molecule has 210 valence electrons. The van der Waals surface area contributed by atoms with E-state index in [0.717, 1.165) is 33.6 Å². The lowest BCUT2D eigenvalue weighted by molar-refractivity contribution is 0.330. The van der Waals surface area contributed by atoms with Crippen LogP contribution in [-0.2, 0) is 10.8 Å². The third-order valence-electron chi connectivity index (χ3n) is 9.21. The Kier molecular flexibility index (Phi) is 5.20. The molecule has 5 aromatic rings. The van der Waals surface area contributed by atoms with Gasteiger partial charge >= 0.3 is 0 Å². The molecular weight excluding hydrogens is 526 g/mol. The summed E-state index contributed by atoms with van der Waals surface area (Å²) in [4.78, 5) is 0.